The number of ketones is 1. The molecule has 0 saturated heterocycles. The van der Waals surface area contributed by atoms with Crippen molar-refractivity contribution < 1.29 is 14.3 Å². The average Bonchev–Trinajstić information content (AvgIpc) is 2.49. The van der Waals surface area contributed by atoms with Gasteiger partial charge < -0.3 is 9.47 Å². The molecule has 0 amide bonds. The lowest BCUT2D eigenvalue weighted by Gasteiger charge is -2.13. The van der Waals surface area contributed by atoms with Crippen molar-refractivity contribution >= 4 is 21.7 Å². The number of hydrogen-bond acceptors (Lipinski definition) is 3. The van der Waals surface area contributed by atoms with Crippen LogP contribution in [-0.4, -0.2) is 20.0 Å². The number of carbonyl (C=O) groups is 1. The number of benzene rings is 2. The van der Waals surface area contributed by atoms with Crippen molar-refractivity contribution in [3.8, 4) is 11.5 Å². The van der Waals surface area contributed by atoms with E-state index < -0.39 is 0 Å². The lowest BCUT2D eigenvalue weighted by Crippen LogP contribution is -2.06. The second kappa shape index (κ2) is 6.31. The van der Waals surface area contributed by atoms with E-state index >= 15 is 0 Å². The lowest BCUT2D eigenvalue weighted by molar-refractivity contribution is 0.103. The van der Waals surface area contributed by atoms with E-state index in [1.807, 2.05) is 26.0 Å². The van der Waals surface area contributed by atoms with Crippen molar-refractivity contribution in [1.82, 2.24) is 0 Å². The van der Waals surface area contributed by atoms with Crippen LogP contribution in [0.1, 0.15) is 27.0 Å². The molecule has 0 unspecified atom stereocenters. The zero-order valence-electron chi connectivity index (χ0n) is 12.5. The molecule has 2 aromatic rings. The zero-order valence-corrected chi connectivity index (χ0v) is 14.1. The highest BCUT2D eigenvalue weighted by Gasteiger charge is 2.18. The Kier molecular flexibility index (Phi) is 4.68. The third kappa shape index (κ3) is 2.95. The van der Waals surface area contributed by atoms with Crippen LogP contribution < -0.4 is 9.47 Å². The normalized spacial score (nSPS) is 10.3. The number of rotatable bonds is 4. The Balaban J connectivity index is 2.50. The molecule has 0 fully saturated rings. The second-order valence-corrected chi connectivity index (χ2v) is 5.62. The monoisotopic (exact) mass is 348 g/mol. The first kappa shape index (κ1) is 15.6. The van der Waals surface area contributed by atoms with Crippen LogP contribution in [-0.2, 0) is 0 Å². The minimum Gasteiger partial charge on any atom is -0.496 e. The van der Waals surface area contributed by atoms with Gasteiger partial charge in [0.2, 0.25) is 0 Å². The van der Waals surface area contributed by atoms with Gasteiger partial charge in [-0.1, -0.05) is 6.07 Å². The predicted octanol–water partition coefficient (Wildman–Crippen LogP) is 4.31. The average molecular weight is 349 g/mol. The van der Waals surface area contributed by atoms with E-state index in [9.17, 15) is 4.79 Å². The van der Waals surface area contributed by atoms with Gasteiger partial charge in [-0.15, -0.1) is 0 Å². The van der Waals surface area contributed by atoms with Crippen LogP contribution in [0, 0.1) is 13.8 Å². The summed E-state index contributed by atoms with van der Waals surface area (Å²) in [4.78, 5) is 12.7. The third-order valence-electron chi connectivity index (χ3n) is 3.54. The first-order valence-electron chi connectivity index (χ1n) is 6.52. The number of aryl methyl sites for hydroxylation is 1. The molecule has 110 valence electrons. The standard InChI is InChI=1S/C17H17BrO3/c1-10-5-7-13(17(21-4)11(10)2)16(19)12-6-8-15(20-3)14(18)9-12/h5-9H,1-4H3. The molecule has 0 atom stereocenters. The van der Waals surface area contributed by atoms with Crippen LogP contribution in [0.3, 0.4) is 0 Å². The quantitative estimate of drug-likeness (QED) is 0.772. The molecular weight excluding hydrogens is 332 g/mol. The highest BCUT2D eigenvalue weighted by molar-refractivity contribution is 9.10. The lowest BCUT2D eigenvalue weighted by atomic mass is 9.97. The van der Waals surface area contributed by atoms with Crippen molar-refractivity contribution in [2.45, 2.75) is 13.8 Å². The molecule has 0 aliphatic heterocycles. The van der Waals surface area contributed by atoms with Crippen molar-refractivity contribution in [3.63, 3.8) is 0 Å². The van der Waals surface area contributed by atoms with E-state index in [2.05, 4.69) is 15.9 Å². The summed E-state index contributed by atoms with van der Waals surface area (Å²) in [5.74, 6) is 1.25. The van der Waals surface area contributed by atoms with Crippen LogP contribution in [0.5, 0.6) is 11.5 Å². The molecule has 21 heavy (non-hydrogen) atoms. The van der Waals surface area contributed by atoms with Crippen LogP contribution >= 0.6 is 15.9 Å². The smallest absolute Gasteiger partial charge is 0.196 e. The fourth-order valence-corrected chi connectivity index (χ4v) is 2.74. The van der Waals surface area contributed by atoms with Crippen LogP contribution in [0.4, 0.5) is 0 Å². The van der Waals surface area contributed by atoms with E-state index in [1.54, 1.807) is 32.4 Å². The fourth-order valence-electron chi connectivity index (χ4n) is 2.20. The number of halogens is 1. The molecule has 0 aliphatic carbocycles. The SMILES string of the molecule is COc1ccc(C(=O)c2ccc(C)c(C)c2OC)cc1Br. The summed E-state index contributed by atoms with van der Waals surface area (Å²) < 4.78 is 11.3. The Morgan fingerprint density at radius 2 is 1.76 bits per heavy atom. The molecule has 0 spiro atoms. The molecule has 0 radical (unpaired) electrons. The van der Waals surface area contributed by atoms with Gasteiger partial charge >= 0.3 is 0 Å². The third-order valence-corrected chi connectivity index (χ3v) is 4.16. The maximum absolute atomic E-state index is 12.7. The number of hydrogen-bond donors (Lipinski definition) is 0. The second-order valence-electron chi connectivity index (χ2n) is 4.77. The molecule has 4 heteroatoms. The highest BCUT2D eigenvalue weighted by atomic mass is 79.9. The van der Waals surface area contributed by atoms with Gasteiger partial charge in [0.1, 0.15) is 11.5 Å². The topological polar surface area (TPSA) is 35.5 Å². The summed E-state index contributed by atoms with van der Waals surface area (Å²) >= 11 is 3.40. The van der Waals surface area contributed by atoms with Crippen molar-refractivity contribution in [2.24, 2.45) is 0 Å². The summed E-state index contributed by atoms with van der Waals surface area (Å²) in [6.07, 6.45) is 0. The Bertz CT molecular complexity index is 693. The van der Waals surface area contributed by atoms with E-state index in [1.165, 1.54) is 0 Å². The molecule has 0 saturated carbocycles. The maximum atomic E-state index is 12.7. The van der Waals surface area contributed by atoms with Crippen molar-refractivity contribution in [1.29, 1.82) is 0 Å². The fraction of sp³-hybridized carbons (Fsp3) is 0.235. The number of carbonyl (C=O) groups excluding carboxylic acids is 1. The van der Waals surface area contributed by atoms with Gasteiger partial charge in [-0.2, -0.15) is 0 Å². The van der Waals surface area contributed by atoms with Gasteiger partial charge in [0.15, 0.2) is 5.78 Å². The summed E-state index contributed by atoms with van der Waals surface area (Å²) in [6.45, 7) is 3.95. The Hall–Kier alpha value is -1.81. The summed E-state index contributed by atoms with van der Waals surface area (Å²) in [5, 5.41) is 0. The molecule has 0 bridgehead atoms. The van der Waals surface area contributed by atoms with Gasteiger partial charge in [-0.3, -0.25) is 4.79 Å². The molecule has 3 nitrogen and oxygen atoms in total. The molecule has 0 heterocycles. The summed E-state index contributed by atoms with van der Waals surface area (Å²) in [7, 11) is 3.18. The minimum absolute atomic E-state index is 0.0710. The largest absolute Gasteiger partial charge is 0.496 e. The van der Waals surface area contributed by atoms with Crippen LogP contribution in [0.15, 0.2) is 34.8 Å². The maximum Gasteiger partial charge on any atom is 0.196 e. The number of ether oxygens (including phenoxy) is 2. The summed E-state index contributed by atoms with van der Waals surface area (Å²) in [5.41, 5.74) is 3.23. The van der Waals surface area contributed by atoms with Gasteiger partial charge in [0, 0.05) is 5.56 Å². The van der Waals surface area contributed by atoms with E-state index in [4.69, 9.17) is 9.47 Å². The van der Waals surface area contributed by atoms with Crippen LogP contribution in [0.2, 0.25) is 0 Å². The molecule has 0 N–H and O–H groups in total. The van der Waals surface area contributed by atoms with Gasteiger partial charge in [0.25, 0.3) is 0 Å². The number of methoxy groups -OCH3 is 2. The zero-order chi connectivity index (χ0) is 15.6. The molecule has 0 aromatic heterocycles. The Labute approximate surface area is 133 Å². The first-order valence-corrected chi connectivity index (χ1v) is 7.31. The molecule has 2 rings (SSSR count). The molecule has 2 aromatic carbocycles. The minimum atomic E-state index is -0.0710. The van der Waals surface area contributed by atoms with E-state index in [0.29, 0.717) is 22.6 Å². The molecule has 0 aliphatic rings. The summed E-state index contributed by atoms with van der Waals surface area (Å²) in [6, 6.07) is 9.02. The Morgan fingerprint density at radius 3 is 2.33 bits per heavy atom. The van der Waals surface area contributed by atoms with Gasteiger partial charge in [-0.25, -0.2) is 0 Å². The first-order chi connectivity index (χ1) is 9.99. The van der Waals surface area contributed by atoms with E-state index in [-0.39, 0.29) is 5.78 Å². The van der Waals surface area contributed by atoms with Crippen LogP contribution in [0.25, 0.3) is 0 Å². The van der Waals surface area contributed by atoms with E-state index in [0.717, 1.165) is 15.6 Å². The van der Waals surface area contributed by atoms with Gasteiger partial charge in [0.05, 0.1) is 24.3 Å². The predicted molar refractivity (Wildman–Crippen MR) is 86.6 cm³/mol. The molecular formula is C17H17BrO3. The van der Waals surface area contributed by atoms with Crippen molar-refractivity contribution in [2.75, 3.05) is 14.2 Å². The van der Waals surface area contributed by atoms with Gasteiger partial charge in [-0.05, 0) is 65.2 Å². The Morgan fingerprint density at radius 1 is 1.05 bits per heavy atom. The highest BCUT2D eigenvalue weighted by Crippen LogP contribution is 2.31. The van der Waals surface area contributed by atoms with Crippen molar-refractivity contribution in [3.05, 3.63) is 57.1 Å².